The minimum Gasteiger partial charge on any atom is -0.337 e. The second-order valence-corrected chi connectivity index (χ2v) is 6.09. The van der Waals surface area contributed by atoms with Crippen molar-refractivity contribution in [2.24, 2.45) is 0 Å². The number of pyridine rings is 1. The van der Waals surface area contributed by atoms with Gasteiger partial charge in [0.25, 0.3) is 5.91 Å². The number of carbonyl (C=O) groups excluding carboxylic acids is 1. The van der Waals surface area contributed by atoms with E-state index in [1.54, 1.807) is 12.1 Å². The molecule has 136 valence electrons. The van der Waals surface area contributed by atoms with Gasteiger partial charge in [-0.2, -0.15) is 15.0 Å². The van der Waals surface area contributed by atoms with Crippen molar-refractivity contribution in [3.63, 3.8) is 0 Å². The zero-order chi connectivity index (χ0) is 18.6. The van der Waals surface area contributed by atoms with Gasteiger partial charge >= 0.3 is 0 Å². The molecule has 0 aliphatic carbocycles. The SMILES string of the molecule is CCc1nc(Nc2ccc(C(=O)Nc3ccccc3)cn2)nc(N2CC2)n1. The maximum atomic E-state index is 12.3. The Morgan fingerprint density at radius 3 is 2.56 bits per heavy atom. The Bertz CT molecular complexity index is 940. The quantitative estimate of drug-likeness (QED) is 0.652. The molecule has 1 aromatic carbocycles. The van der Waals surface area contributed by atoms with E-state index in [0.717, 1.165) is 31.0 Å². The molecule has 0 radical (unpaired) electrons. The van der Waals surface area contributed by atoms with Gasteiger partial charge in [-0.1, -0.05) is 25.1 Å². The van der Waals surface area contributed by atoms with Gasteiger partial charge in [-0.25, -0.2) is 4.98 Å². The van der Waals surface area contributed by atoms with Crippen LogP contribution in [0.5, 0.6) is 0 Å². The summed E-state index contributed by atoms with van der Waals surface area (Å²) >= 11 is 0. The highest BCUT2D eigenvalue weighted by atomic mass is 16.1. The van der Waals surface area contributed by atoms with Crippen molar-refractivity contribution in [3.05, 3.63) is 60.0 Å². The van der Waals surface area contributed by atoms with Crippen molar-refractivity contribution in [2.45, 2.75) is 13.3 Å². The monoisotopic (exact) mass is 361 g/mol. The summed E-state index contributed by atoms with van der Waals surface area (Å²) < 4.78 is 0. The van der Waals surface area contributed by atoms with Crippen molar-refractivity contribution < 1.29 is 4.79 Å². The third-order valence-corrected chi connectivity index (χ3v) is 4.01. The topological polar surface area (TPSA) is 95.7 Å². The molecule has 8 nitrogen and oxygen atoms in total. The molecule has 3 heterocycles. The number of amides is 1. The third kappa shape index (κ3) is 4.17. The Morgan fingerprint density at radius 2 is 1.89 bits per heavy atom. The molecule has 8 heteroatoms. The highest BCUT2D eigenvalue weighted by Crippen LogP contribution is 2.19. The van der Waals surface area contributed by atoms with Crippen LogP contribution >= 0.6 is 0 Å². The van der Waals surface area contributed by atoms with Crippen molar-refractivity contribution in [3.8, 4) is 0 Å². The number of para-hydroxylation sites is 1. The van der Waals surface area contributed by atoms with Crippen LogP contribution in [0, 0.1) is 0 Å². The molecule has 4 rings (SSSR count). The largest absolute Gasteiger partial charge is 0.337 e. The Kier molecular flexibility index (Phi) is 4.61. The molecule has 2 N–H and O–H groups in total. The van der Waals surface area contributed by atoms with Gasteiger partial charge in [0, 0.05) is 31.4 Å². The summed E-state index contributed by atoms with van der Waals surface area (Å²) in [6, 6.07) is 12.7. The highest BCUT2D eigenvalue weighted by molar-refractivity contribution is 6.04. The van der Waals surface area contributed by atoms with Gasteiger partial charge in [-0.05, 0) is 24.3 Å². The van der Waals surface area contributed by atoms with Crippen LogP contribution in [0.2, 0.25) is 0 Å². The zero-order valence-corrected chi connectivity index (χ0v) is 14.9. The predicted octanol–water partition coefficient (Wildman–Crippen LogP) is 2.64. The van der Waals surface area contributed by atoms with Crippen LogP contribution in [0.25, 0.3) is 0 Å². The van der Waals surface area contributed by atoms with E-state index < -0.39 is 0 Å². The van der Waals surface area contributed by atoms with Gasteiger partial charge < -0.3 is 15.5 Å². The minimum atomic E-state index is -0.211. The number of benzene rings is 1. The highest BCUT2D eigenvalue weighted by Gasteiger charge is 2.22. The minimum absolute atomic E-state index is 0.211. The van der Waals surface area contributed by atoms with Crippen LogP contribution in [0.4, 0.5) is 23.4 Å². The molecule has 1 saturated heterocycles. The number of rotatable bonds is 6. The number of nitrogens with one attached hydrogen (secondary N) is 2. The van der Waals surface area contributed by atoms with E-state index in [0.29, 0.717) is 23.3 Å². The zero-order valence-electron chi connectivity index (χ0n) is 14.9. The molecule has 0 atom stereocenters. The van der Waals surface area contributed by atoms with Gasteiger partial charge in [-0.15, -0.1) is 0 Å². The van der Waals surface area contributed by atoms with Crippen LogP contribution in [0.1, 0.15) is 23.1 Å². The molecule has 3 aromatic rings. The van der Waals surface area contributed by atoms with E-state index in [-0.39, 0.29) is 5.91 Å². The summed E-state index contributed by atoms with van der Waals surface area (Å²) in [6.45, 7) is 3.94. The van der Waals surface area contributed by atoms with Crippen LogP contribution < -0.4 is 15.5 Å². The fourth-order valence-electron chi connectivity index (χ4n) is 2.45. The van der Waals surface area contributed by atoms with Gasteiger partial charge in [-0.3, -0.25) is 4.79 Å². The number of hydrogen-bond donors (Lipinski definition) is 2. The fourth-order valence-corrected chi connectivity index (χ4v) is 2.45. The van der Waals surface area contributed by atoms with Gasteiger partial charge in [0.15, 0.2) is 0 Å². The molecule has 0 spiro atoms. The van der Waals surface area contributed by atoms with Crippen LogP contribution in [0.15, 0.2) is 48.7 Å². The lowest BCUT2D eigenvalue weighted by Gasteiger charge is -2.09. The van der Waals surface area contributed by atoms with Crippen LogP contribution in [-0.4, -0.2) is 38.9 Å². The van der Waals surface area contributed by atoms with Gasteiger partial charge in [0.1, 0.15) is 11.6 Å². The molecule has 0 bridgehead atoms. The molecule has 1 aliphatic heterocycles. The molecule has 1 aliphatic rings. The van der Waals surface area contributed by atoms with Crippen LogP contribution in [0.3, 0.4) is 0 Å². The number of carbonyl (C=O) groups is 1. The molecule has 0 unspecified atom stereocenters. The first-order valence-electron chi connectivity index (χ1n) is 8.80. The standard InChI is InChI=1S/C19H19N7O/c1-2-15-22-18(25-19(24-15)26-10-11-26)23-16-9-8-13(12-20-16)17(27)21-14-6-4-3-5-7-14/h3-9,12H,2,10-11H2,1H3,(H,21,27)(H,20,22,23,24,25). The van der Waals surface area contributed by atoms with Crippen molar-refractivity contribution in [1.82, 2.24) is 19.9 Å². The summed E-state index contributed by atoms with van der Waals surface area (Å²) in [5.41, 5.74) is 1.21. The summed E-state index contributed by atoms with van der Waals surface area (Å²) in [5, 5.41) is 5.92. The van der Waals surface area contributed by atoms with E-state index in [2.05, 4.69) is 35.5 Å². The van der Waals surface area contributed by atoms with Gasteiger partial charge in [0.2, 0.25) is 11.9 Å². The number of anilines is 4. The molecule has 1 amide bonds. The average molecular weight is 361 g/mol. The lowest BCUT2D eigenvalue weighted by atomic mass is 10.2. The van der Waals surface area contributed by atoms with Crippen LogP contribution in [-0.2, 0) is 6.42 Å². The van der Waals surface area contributed by atoms with Crippen molar-refractivity contribution in [1.29, 1.82) is 0 Å². The maximum absolute atomic E-state index is 12.3. The molecule has 27 heavy (non-hydrogen) atoms. The summed E-state index contributed by atoms with van der Waals surface area (Å²) in [4.78, 5) is 31.9. The Labute approximate surface area is 156 Å². The van der Waals surface area contributed by atoms with Crippen molar-refractivity contribution in [2.75, 3.05) is 28.6 Å². The molecule has 2 aromatic heterocycles. The summed E-state index contributed by atoms with van der Waals surface area (Å²) in [5.74, 6) is 2.22. The van der Waals surface area contributed by atoms with E-state index in [1.807, 2.05) is 37.3 Å². The summed E-state index contributed by atoms with van der Waals surface area (Å²) in [6.07, 6.45) is 2.25. The Balaban J connectivity index is 1.46. The van der Waals surface area contributed by atoms with Gasteiger partial charge in [0.05, 0.1) is 5.56 Å². The molecule has 0 saturated carbocycles. The third-order valence-electron chi connectivity index (χ3n) is 4.01. The number of aromatic nitrogens is 4. The average Bonchev–Trinajstić information content (AvgIpc) is 3.54. The first-order chi connectivity index (χ1) is 13.2. The fraction of sp³-hybridized carbons (Fsp3) is 0.211. The number of aryl methyl sites for hydroxylation is 1. The number of nitrogens with zero attached hydrogens (tertiary/aromatic N) is 5. The number of hydrogen-bond acceptors (Lipinski definition) is 7. The normalized spacial score (nSPS) is 12.6. The maximum Gasteiger partial charge on any atom is 0.257 e. The second-order valence-electron chi connectivity index (χ2n) is 6.09. The molecular weight excluding hydrogens is 342 g/mol. The van der Waals surface area contributed by atoms with E-state index in [1.165, 1.54) is 6.20 Å². The first kappa shape index (κ1) is 16.9. The lowest BCUT2D eigenvalue weighted by Crippen LogP contribution is -2.12. The molecular formula is C19H19N7O. The smallest absolute Gasteiger partial charge is 0.257 e. The van der Waals surface area contributed by atoms with E-state index in [9.17, 15) is 4.79 Å². The Morgan fingerprint density at radius 1 is 1.07 bits per heavy atom. The van der Waals surface area contributed by atoms with E-state index in [4.69, 9.17) is 0 Å². The lowest BCUT2D eigenvalue weighted by molar-refractivity contribution is 0.102. The Hall–Kier alpha value is -3.55. The summed E-state index contributed by atoms with van der Waals surface area (Å²) in [7, 11) is 0. The van der Waals surface area contributed by atoms with Crippen molar-refractivity contribution >= 4 is 29.3 Å². The van der Waals surface area contributed by atoms with E-state index >= 15 is 0 Å². The second kappa shape index (κ2) is 7.36. The predicted molar refractivity (Wildman–Crippen MR) is 103 cm³/mol. The first-order valence-corrected chi connectivity index (χ1v) is 8.80. The molecule has 1 fully saturated rings.